The van der Waals surface area contributed by atoms with Crippen LogP contribution >= 0.6 is 0 Å². The van der Waals surface area contributed by atoms with Crippen molar-refractivity contribution in [2.75, 3.05) is 33.2 Å². The zero-order valence-corrected chi connectivity index (χ0v) is 13.9. The number of hydrogen-bond acceptors (Lipinski definition) is 2. The number of hydrogen-bond donors (Lipinski definition) is 1. The highest BCUT2D eigenvalue weighted by Gasteiger charge is 2.32. The molecule has 1 heterocycles. The van der Waals surface area contributed by atoms with Gasteiger partial charge in [-0.15, -0.1) is 0 Å². The quantitative estimate of drug-likeness (QED) is 0.838. The first-order valence-corrected chi connectivity index (χ1v) is 7.94. The van der Waals surface area contributed by atoms with Crippen LogP contribution in [0.5, 0.6) is 0 Å². The van der Waals surface area contributed by atoms with E-state index in [1.54, 1.807) is 4.90 Å². The number of alkyl halides is 3. The summed E-state index contributed by atoms with van der Waals surface area (Å²) in [6.07, 6.45) is -4.01. The first-order chi connectivity index (χ1) is 10.6. The maximum Gasteiger partial charge on any atom is 0.390 e. The summed E-state index contributed by atoms with van der Waals surface area (Å²) < 4.78 is 36.7. The first-order valence-electron chi connectivity index (χ1n) is 7.94. The summed E-state index contributed by atoms with van der Waals surface area (Å²) in [5, 5.41) is 2.80. The lowest BCUT2D eigenvalue weighted by molar-refractivity contribution is -0.146. The van der Waals surface area contributed by atoms with E-state index in [0.29, 0.717) is 31.8 Å². The number of nitrogens with one attached hydrogen (secondary N) is 1. The van der Waals surface area contributed by atoms with E-state index in [2.05, 4.69) is 5.32 Å². The van der Waals surface area contributed by atoms with Crippen molar-refractivity contribution in [1.82, 2.24) is 15.1 Å². The molecule has 0 spiro atoms. The molecule has 1 rings (SSSR count). The van der Waals surface area contributed by atoms with Gasteiger partial charge >= 0.3 is 12.2 Å². The third-order valence-electron chi connectivity index (χ3n) is 3.83. The number of nitrogens with zero attached hydrogens (tertiary/aromatic N) is 2. The summed E-state index contributed by atoms with van der Waals surface area (Å²) in [5.41, 5.74) is 0. The highest BCUT2D eigenvalue weighted by atomic mass is 19.4. The summed E-state index contributed by atoms with van der Waals surface area (Å²) in [7, 11) is 1.38. The molecule has 0 saturated carbocycles. The molecule has 0 bridgehead atoms. The smallest absolute Gasteiger partial charge is 0.345 e. The minimum Gasteiger partial charge on any atom is -0.345 e. The number of halogens is 3. The van der Waals surface area contributed by atoms with Crippen LogP contribution in [-0.4, -0.2) is 61.1 Å². The van der Waals surface area contributed by atoms with E-state index in [-0.39, 0.29) is 25.0 Å². The van der Waals surface area contributed by atoms with Gasteiger partial charge in [-0.3, -0.25) is 4.79 Å². The van der Waals surface area contributed by atoms with Gasteiger partial charge in [-0.2, -0.15) is 13.2 Å². The number of carbonyl (C=O) groups is 2. The van der Waals surface area contributed by atoms with E-state index >= 15 is 0 Å². The Bertz CT molecular complexity index is 413. The fourth-order valence-electron chi connectivity index (χ4n) is 2.48. The SMILES string of the molecule is CC(C)CNC(=O)N1CCCC(C(=O)N(C)CCC(F)(F)F)C1. The van der Waals surface area contributed by atoms with Gasteiger partial charge < -0.3 is 15.1 Å². The Morgan fingerprint density at radius 3 is 2.57 bits per heavy atom. The van der Waals surface area contributed by atoms with Crippen molar-refractivity contribution in [2.24, 2.45) is 11.8 Å². The fourth-order valence-corrected chi connectivity index (χ4v) is 2.48. The zero-order chi connectivity index (χ0) is 17.6. The lowest BCUT2D eigenvalue weighted by atomic mass is 9.97. The molecule has 1 fully saturated rings. The normalized spacial score (nSPS) is 18.9. The Kier molecular flexibility index (Phi) is 7.15. The van der Waals surface area contributed by atoms with Crippen LogP contribution in [0.25, 0.3) is 0 Å². The molecule has 1 N–H and O–H groups in total. The summed E-state index contributed by atoms with van der Waals surface area (Å²) >= 11 is 0. The van der Waals surface area contributed by atoms with Gasteiger partial charge in [0.05, 0.1) is 12.3 Å². The van der Waals surface area contributed by atoms with Gasteiger partial charge in [-0.1, -0.05) is 13.8 Å². The summed E-state index contributed by atoms with van der Waals surface area (Å²) in [5.74, 6) is -0.419. The number of carbonyl (C=O) groups excluding carboxylic acids is 2. The molecule has 23 heavy (non-hydrogen) atoms. The van der Waals surface area contributed by atoms with Crippen LogP contribution in [0.2, 0.25) is 0 Å². The second-order valence-electron chi connectivity index (χ2n) is 6.49. The van der Waals surface area contributed by atoms with Crippen LogP contribution in [-0.2, 0) is 4.79 Å². The Labute approximate surface area is 135 Å². The van der Waals surface area contributed by atoms with Gasteiger partial charge in [-0.05, 0) is 18.8 Å². The number of rotatable bonds is 5. The third kappa shape index (κ3) is 7.09. The van der Waals surface area contributed by atoms with Gasteiger partial charge in [0, 0.05) is 33.2 Å². The minimum atomic E-state index is -4.27. The molecule has 1 unspecified atom stereocenters. The summed E-state index contributed by atoms with van der Waals surface area (Å²) in [4.78, 5) is 27.0. The molecule has 0 aromatic heterocycles. The predicted octanol–water partition coefficient (Wildman–Crippen LogP) is 2.47. The topological polar surface area (TPSA) is 52.7 Å². The first kappa shape index (κ1) is 19.6. The van der Waals surface area contributed by atoms with E-state index in [0.717, 1.165) is 4.90 Å². The predicted molar refractivity (Wildman–Crippen MR) is 80.8 cm³/mol. The molecule has 8 heteroatoms. The third-order valence-corrected chi connectivity index (χ3v) is 3.83. The van der Waals surface area contributed by atoms with Crippen LogP contribution in [0.3, 0.4) is 0 Å². The molecule has 0 aliphatic carbocycles. The van der Waals surface area contributed by atoms with Gasteiger partial charge in [0.15, 0.2) is 0 Å². The van der Waals surface area contributed by atoms with Gasteiger partial charge in [0.1, 0.15) is 0 Å². The van der Waals surface area contributed by atoms with E-state index in [1.165, 1.54) is 7.05 Å². The van der Waals surface area contributed by atoms with Crippen molar-refractivity contribution >= 4 is 11.9 Å². The van der Waals surface area contributed by atoms with Crippen LogP contribution in [0.1, 0.15) is 33.1 Å². The number of piperidine rings is 1. The van der Waals surface area contributed by atoms with Gasteiger partial charge in [0.25, 0.3) is 0 Å². The van der Waals surface area contributed by atoms with Crippen molar-refractivity contribution in [3.63, 3.8) is 0 Å². The second kappa shape index (κ2) is 8.40. The standard InChI is InChI=1S/C15H26F3N3O2/c1-11(2)9-19-14(23)21-7-4-5-12(10-21)13(22)20(3)8-6-15(16,17)18/h11-12H,4-10H2,1-3H3,(H,19,23). The Morgan fingerprint density at radius 2 is 2.00 bits per heavy atom. The average molecular weight is 337 g/mol. The van der Waals surface area contributed by atoms with E-state index in [1.807, 2.05) is 13.8 Å². The maximum absolute atomic E-state index is 12.2. The van der Waals surface area contributed by atoms with Crippen molar-refractivity contribution < 1.29 is 22.8 Å². The molecule has 1 atom stereocenters. The molecule has 1 aliphatic rings. The summed E-state index contributed by atoms with van der Waals surface area (Å²) in [6, 6.07) is -0.214. The van der Waals surface area contributed by atoms with Gasteiger partial charge in [0.2, 0.25) is 5.91 Å². The molecule has 0 aromatic rings. The minimum absolute atomic E-state index is 0.214. The van der Waals surface area contributed by atoms with E-state index in [9.17, 15) is 22.8 Å². The van der Waals surface area contributed by atoms with Crippen LogP contribution in [0.15, 0.2) is 0 Å². The van der Waals surface area contributed by atoms with Crippen molar-refractivity contribution in [3.05, 3.63) is 0 Å². The molecular weight excluding hydrogens is 311 g/mol. The fraction of sp³-hybridized carbons (Fsp3) is 0.867. The monoisotopic (exact) mass is 337 g/mol. The molecule has 134 valence electrons. The lowest BCUT2D eigenvalue weighted by Crippen LogP contribution is -2.49. The molecule has 1 aliphatic heterocycles. The zero-order valence-electron chi connectivity index (χ0n) is 13.9. The van der Waals surface area contributed by atoms with E-state index in [4.69, 9.17) is 0 Å². The van der Waals surface area contributed by atoms with Gasteiger partial charge in [-0.25, -0.2) is 4.79 Å². The second-order valence-corrected chi connectivity index (χ2v) is 6.49. The average Bonchev–Trinajstić information content (AvgIpc) is 2.48. The van der Waals surface area contributed by atoms with E-state index < -0.39 is 18.5 Å². The summed E-state index contributed by atoms with van der Waals surface area (Å²) in [6.45, 7) is 5.01. The van der Waals surface area contributed by atoms with Crippen molar-refractivity contribution in [1.29, 1.82) is 0 Å². The number of likely N-dealkylation sites (tertiary alicyclic amines) is 1. The van der Waals surface area contributed by atoms with Crippen LogP contribution < -0.4 is 5.32 Å². The molecule has 0 aromatic carbocycles. The molecular formula is C15H26F3N3O2. The molecule has 3 amide bonds. The molecule has 5 nitrogen and oxygen atoms in total. The molecule has 1 saturated heterocycles. The largest absolute Gasteiger partial charge is 0.390 e. The highest BCUT2D eigenvalue weighted by molar-refractivity contribution is 5.80. The Morgan fingerprint density at radius 1 is 1.35 bits per heavy atom. The Hall–Kier alpha value is -1.47. The number of amides is 3. The van der Waals surface area contributed by atoms with Crippen LogP contribution in [0.4, 0.5) is 18.0 Å². The Balaban J connectivity index is 2.50. The molecule has 0 radical (unpaired) electrons. The lowest BCUT2D eigenvalue weighted by Gasteiger charge is -2.34. The van der Waals surface area contributed by atoms with Crippen molar-refractivity contribution in [3.8, 4) is 0 Å². The van der Waals surface area contributed by atoms with Crippen molar-refractivity contribution in [2.45, 2.75) is 39.3 Å². The number of urea groups is 1. The highest BCUT2D eigenvalue weighted by Crippen LogP contribution is 2.22. The maximum atomic E-state index is 12.2. The van der Waals surface area contributed by atoms with Crippen LogP contribution in [0, 0.1) is 11.8 Å².